The molecule has 1 aromatic rings. The highest BCUT2D eigenvalue weighted by Gasteiger charge is 2.30. The molecule has 1 aliphatic rings. The van der Waals surface area contributed by atoms with Crippen molar-refractivity contribution in [1.82, 2.24) is 5.32 Å². The molecule has 2 rings (SSSR count). The number of nitrogens with one attached hydrogen (secondary N) is 1. The first kappa shape index (κ1) is 12.0. The van der Waals surface area contributed by atoms with Crippen LogP contribution in [0.25, 0.3) is 0 Å². The van der Waals surface area contributed by atoms with Crippen LogP contribution in [0.2, 0.25) is 0 Å². The van der Waals surface area contributed by atoms with Gasteiger partial charge in [-0.25, -0.2) is 0 Å². The second-order valence-electron chi connectivity index (χ2n) is 4.04. The van der Waals surface area contributed by atoms with E-state index < -0.39 is 18.4 Å². The first-order chi connectivity index (χ1) is 8.16. The highest BCUT2D eigenvalue weighted by atomic mass is 16.6. The molecule has 17 heavy (non-hydrogen) atoms. The smallest absolute Gasteiger partial charge is 0.251 e. The van der Waals surface area contributed by atoms with Gasteiger partial charge in [0, 0.05) is 12.0 Å². The third-order valence-electron chi connectivity index (χ3n) is 2.73. The molecule has 0 radical (unpaired) electrons. The monoisotopic (exact) mass is 237 g/mol. The van der Waals surface area contributed by atoms with Gasteiger partial charge in [0.05, 0.1) is 18.8 Å². The first-order valence-electron chi connectivity index (χ1n) is 5.50. The number of hydrogen-bond acceptors (Lipinski definition) is 4. The summed E-state index contributed by atoms with van der Waals surface area (Å²) in [6.45, 7) is 0.0287. The summed E-state index contributed by atoms with van der Waals surface area (Å²) in [7, 11) is 0. The average molecular weight is 237 g/mol. The first-order valence-corrected chi connectivity index (χ1v) is 5.50. The SMILES string of the molecule is O=C(N[C@H]1C[C@@H](O)OC[C@H]1O)c1ccccc1. The molecule has 1 aromatic carbocycles. The number of ether oxygens (including phenoxy) is 1. The van der Waals surface area contributed by atoms with Crippen LogP contribution >= 0.6 is 0 Å². The van der Waals surface area contributed by atoms with Crippen LogP contribution < -0.4 is 5.32 Å². The minimum atomic E-state index is -0.931. The summed E-state index contributed by atoms with van der Waals surface area (Å²) >= 11 is 0. The van der Waals surface area contributed by atoms with Crippen molar-refractivity contribution >= 4 is 5.91 Å². The summed E-state index contributed by atoms with van der Waals surface area (Å²) in [6.07, 6.45) is -1.52. The molecule has 1 aliphatic heterocycles. The number of carbonyl (C=O) groups excluding carboxylic acids is 1. The largest absolute Gasteiger partial charge is 0.389 e. The van der Waals surface area contributed by atoms with Gasteiger partial charge in [0.25, 0.3) is 5.91 Å². The molecule has 1 amide bonds. The Kier molecular flexibility index (Phi) is 3.73. The predicted octanol–water partition coefficient (Wildman–Crippen LogP) is -0.115. The van der Waals surface area contributed by atoms with E-state index in [1.54, 1.807) is 24.3 Å². The van der Waals surface area contributed by atoms with E-state index in [0.29, 0.717) is 5.56 Å². The molecular formula is C12H15NO4. The number of hydrogen-bond donors (Lipinski definition) is 3. The van der Waals surface area contributed by atoms with Gasteiger partial charge in [0.2, 0.25) is 0 Å². The molecule has 3 N–H and O–H groups in total. The number of carbonyl (C=O) groups is 1. The van der Waals surface area contributed by atoms with Crippen molar-refractivity contribution in [3.05, 3.63) is 35.9 Å². The number of rotatable bonds is 2. The van der Waals surface area contributed by atoms with Gasteiger partial charge in [-0.3, -0.25) is 4.79 Å². The summed E-state index contributed by atoms with van der Waals surface area (Å²) in [5.74, 6) is -0.260. The number of aliphatic hydroxyl groups is 2. The zero-order chi connectivity index (χ0) is 12.3. The van der Waals surface area contributed by atoms with E-state index in [-0.39, 0.29) is 18.9 Å². The Morgan fingerprint density at radius 2 is 2.00 bits per heavy atom. The van der Waals surface area contributed by atoms with E-state index in [2.05, 4.69) is 5.32 Å². The van der Waals surface area contributed by atoms with Crippen molar-refractivity contribution in [3.8, 4) is 0 Å². The van der Waals surface area contributed by atoms with Crippen LogP contribution in [0.3, 0.4) is 0 Å². The van der Waals surface area contributed by atoms with Gasteiger partial charge in [-0.1, -0.05) is 18.2 Å². The predicted molar refractivity (Wildman–Crippen MR) is 60.3 cm³/mol. The Morgan fingerprint density at radius 1 is 1.29 bits per heavy atom. The zero-order valence-corrected chi connectivity index (χ0v) is 9.24. The normalized spacial score (nSPS) is 28.7. The number of amides is 1. The fourth-order valence-electron chi connectivity index (χ4n) is 1.76. The molecule has 0 spiro atoms. The van der Waals surface area contributed by atoms with Crippen LogP contribution in [0, 0.1) is 0 Å². The topological polar surface area (TPSA) is 78.8 Å². The molecule has 0 saturated carbocycles. The van der Waals surface area contributed by atoms with Crippen molar-refractivity contribution in [2.45, 2.75) is 24.9 Å². The minimum absolute atomic E-state index is 0.0287. The summed E-state index contributed by atoms with van der Waals surface area (Å²) in [6, 6.07) is 8.26. The highest BCUT2D eigenvalue weighted by molar-refractivity contribution is 5.94. The van der Waals surface area contributed by atoms with Crippen LogP contribution in [0.5, 0.6) is 0 Å². The molecule has 3 atom stereocenters. The number of aliphatic hydroxyl groups excluding tert-OH is 2. The Bertz CT molecular complexity index is 381. The van der Waals surface area contributed by atoms with Crippen molar-refractivity contribution < 1.29 is 19.7 Å². The fraction of sp³-hybridized carbons (Fsp3) is 0.417. The molecule has 0 unspecified atom stereocenters. The lowest BCUT2D eigenvalue weighted by atomic mass is 10.0. The van der Waals surface area contributed by atoms with Crippen LogP contribution in [0.15, 0.2) is 30.3 Å². The van der Waals surface area contributed by atoms with Crippen LogP contribution in [-0.4, -0.2) is 41.2 Å². The summed E-state index contributed by atoms with van der Waals surface area (Å²) in [5.41, 5.74) is 0.528. The van der Waals surface area contributed by atoms with Crippen molar-refractivity contribution in [2.75, 3.05) is 6.61 Å². The minimum Gasteiger partial charge on any atom is -0.389 e. The summed E-state index contributed by atoms with van der Waals surface area (Å²) in [4.78, 5) is 11.8. The van der Waals surface area contributed by atoms with Crippen LogP contribution in [-0.2, 0) is 4.74 Å². The van der Waals surface area contributed by atoms with E-state index in [0.717, 1.165) is 0 Å². The van der Waals surface area contributed by atoms with Gasteiger partial charge in [-0.2, -0.15) is 0 Å². The zero-order valence-electron chi connectivity index (χ0n) is 9.24. The lowest BCUT2D eigenvalue weighted by Gasteiger charge is -2.31. The molecule has 0 aromatic heterocycles. The lowest BCUT2D eigenvalue weighted by molar-refractivity contribution is -0.165. The fourth-order valence-corrected chi connectivity index (χ4v) is 1.76. The highest BCUT2D eigenvalue weighted by Crippen LogP contribution is 2.13. The third-order valence-corrected chi connectivity index (χ3v) is 2.73. The summed E-state index contributed by atoms with van der Waals surface area (Å²) in [5, 5.41) is 21.6. The molecule has 5 heteroatoms. The molecule has 1 heterocycles. The molecule has 0 aliphatic carbocycles. The quantitative estimate of drug-likeness (QED) is 0.670. The van der Waals surface area contributed by atoms with Gasteiger partial charge < -0.3 is 20.3 Å². The van der Waals surface area contributed by atoms with E-state index in [4.69, 9.17) is 4.74 Å². The van der Waals surface area contributed by atoms with E-state index in [1.165, 1.54) is 0 Å². The maximum absolute atomic E-state index is 11.8. The Balaban J connectivity index is 1.98. The molecule has 92 valence electrons. The maximum Gasteiger partial charge on any atom is 0.251 e. The van der Waals surface area contributed by atoms with E-state index in [9.17, 15) is 15.0 Å². The standard InChI is InChI=1S/C12H15NO4/c14-10-7-17-11(15)6-9(10)13-12(16)8-4-2-1-3-5-8/h1-5,9-11,14-15H,6-7H2,(H,13,16)/t9-,10+,11-/m0/s1. The lowest BCUT2D eigenvalue weighted by Crippen LogP contribution is -2.51. The van der Waals surface area contributed by atoms with Gasteiger partial charge >= 0.3 is 0 Å². The van der Waals surface area contributed by atoms with Crippen LogP contribution in [0.4, 0.5) is 0 Å². The van der Waals surface area contributed by atoms with Gasteiger partial charge in [-0.15, -0.1) is 0 Å². The average Bonchev–Trinajstić information content (AvgIpc) is 2.35. The molecule has 5 nitrogen and oxygen atoms in total. The third kappa shape index (κ3) is 3.03. The summed E-state index contributed by atoms with van der Waals surface area (Å²) < 4.78 is 4.86. The van der Waals surface area contributed by atoms with Crippen molar-refractivity contribution in [2.24, 2.45) is 0 Å². The Hall–Kier alpha value is -1.43. The van der Waals surface area contributed by atoms with Gasteiger partial charge in [0.1, 0.15) is 0 Å². The Labute approximate surface area is 99.0 Å². The van der Waals surface area contributed by atoms with Gasteiger partial charge in [0.15, 0.2) is 6.29 Å². The van der Waals surface area contributed by atoms with E-state index >= 15 is 0 Å². The molecule has 0 bridgehead atoms. The van der Waals surface area contributed by atoms with Crippen LogP contribution in [0.1, 0.15) is 16.8 Å². The molecule has 1 saturated heterocycles. The van der Waals surface area contributed by atoms with Crippen molar-refractivity contribution in [3.63, 3.8) is 0 Å². The van der Waals surface area contributed by atoms with Gasteiger partial charge in [-0.05, 0) is 12.1 Å². The number of benzene rings is 1. The van der Waals surface area contributed by atoms with Crippen molar-refractivity contribution in [1.29, 1.82) is 0 Å². The molecular weight excluding hydrogens is 222 g/mol. The maximum atomic E-state index is 11.8. The second-order valence-corrected chi connectivity index (χ2v) is 4.04. The second kappa shape index (κ2) is 5.27. The molecule has 1 fully saturated rings. The van der Waals surface area contributed by atoms with E-state index in [1.807, 2.05) is 6.07 Å². The Morgan fingerprint density at radius 3 is 2.71 bits per heavy atom.